The van der Waals surface area contributed by atoms with Crippen molar-refractivity contribution in [1.82, 2.24) is 10.4 Å². The predicted octanol–water partition coefficient (Wildman–Crippen LogP) is 3.51. The number of anilines is 1. The summed E-state index contributed by atoms with van der Waals surface area (Å²) in [5, 5.41) is 4.64. The van der Waals surface area contributed by atoms with Gasteiger partial charge in [-0.2, -0.15) is 8.42 Å². The molecule has 16 heteroatoms. The van der Waals surface area contributed by atoms with Crippen molar-refractivity contribution in [3.63, 3.8) is 0 Å². The standard InChI is InChI=1S/C31H41N3O11S2/c1-31(2)21-23(32-13-6-16-46(38,39)40)19-27-25(31)18-22-9-10-24(20-26(22)44-27)33(15-7-17-47(41,42)43)14-5-3-4-8-30(37)45-34-28(35)11-12-29(34)36/h9-10,18-20,32H,3-8,11-17,21H2,1-2H3,(H-,38,39,40,41,42,43). The number of fused-ring (bicyclic) bond motifs is 2. The van der Waals surface area contributed by atoms with E-state index in [2.05, 4.69) is 25.2 Å². The molecular weight excluding hydrogens is 654 g/mol. The average Bonchev–Trinajstić information content (AvgIpc) is 3.28. The number of nitrogens with zero attached hydrogens (tertiary/aromatic N) is 2. The molecule has 0 bridgehead atoms. The molecule has 1 aliphatic heterocycles. The van der Waals surface area contributed by atoms with Crippen molar-refractivity contribution in [3.8, 4) is 0 Å². The summed E-state index contributed by atoms with van der Waals surface area (Å²) in [5.74, 6) is -1.93. The molecule has 2 N–H and O–H groups in total. The number of nitrogens with one attached hydrogen (secondary N) is 1. The van der Waals surface area contributed by atoms with E-state index in [0.29, 0.717) is 61.7 Å². The minimum absolute atomic E-state index is 0.0205. The highest BCUT2D eigenvalue weighted by Gasteiger charge is 2.36. The quantitative estimate of drug-likeness (QED) is 0.105. The molecule has 2 aliphatic rings. The summed E-state index contributed by atoms with van der Waals surface area (Å²) in [4.78, 5) is 42.3. The summed E-state index contributed by atoms with van der Waals surface area (Å²) in [5.41, 5.74) is 2.96. The Morgan fingerprint density at radius 3 is 2.40 bits per heavy atom. The van der Waals surface area contributed by atoms with Gasteiger partial charge < -0.3 is 19.6 Å². The monoisotopic (exact) mass is 695 g/mol. The predicted molar refractivity (Wildman–Crippen MR) is 172 cm³/mol. The van der Waals surface area contributed by atoms with E-state index in [0.717, 1.165) is 22.3 Å². The summed E-state index contributed by atoms with van der Waals surface area (Å²) >= 11 is 0. The van der Waals surface area contributed by atoms with Crippen LogP contribution in [0.2, 0.25) is 0 Å². The second kappa shape index (κ2) is 15.1. The maximum Gasteiger partial charge on any atom is 0.362 e. The highest BCUT2D eigenvalue weighted by atomic mass is 32.2. The first-order valence-electron chi connectivity index (χ1n) is 15.6. The number of hydrogen-bond acceptors (Lipinski definition) is 11. The Hall–Kier alpha value is -3.60. The normalized spacial score (nSPS) is 16.3. The van der Waals surface area contributed by atoms with Gasteiger partial charge in [-0.15, -0.1) is 5.06 Å². The number of benzene rings is 1. The minimum Gasteiger partial charge on any atom is -0.748 e. The molecule has 0 unspecified atom stereocenters. The number of unbranched alkanes of at least 4 members (excludes halogenated alkanes) is 2. The van der Waals surface area contributed by atoms with Crippen LogP contribution in [0.1, 0.15) is 83.0 Å². The zero-order valence-electron chi connectivity index (χ0n) is 26.5. The Morgan fingerprint density at radius 1 is 1.02 bits per heavy atom. The van der Waals surface area contributed by atoms with Gasteiger partial charge in [-0.05, 0) is 50.3 Å². The van der Waals surface area contributed by atoms with E-state index in [4.69, 9.17) is 13.8 Å². The lowest BCUT2D eigenvalue weighted by molar-refractivity contribution is -0.197. The molecule has 4 rings (SSSR count). The van der Waals surface area contributed by atoms with E-state index in [9.17, 15) is 35.8 Å². The first-order chi connectivity index (χ1) is 22.0. The molecule has 0 atom stereocenters. The van der Waals surface area contributed by atoms with Crippen molar-refractivity contribution in [3.05, 3.63) is 41.3 Å². The first-order valence-corrected chi connectivity index (χ1v) is 18.8. The fraction of sp³-hybridized carbons (Fsp3) is 0.548. The van der Waals surface area contributed by atoms with Gasteiger partial charge >= 0.3 is 17.3 Å². The summed E-state index contributed by atoms with van der Waals surface area (Å²) in [6, 6.07) is 7.76. The van der Waals surface area contributed by atoms with Crippen molar-refractivity contribution >= 4 is 60.8 Å². The molecule has 1 aromatic carbocycles. The molecule has 0 radical (unpaired) electrons. The molecular formula is C31H41N3O11S2. The van der Waals surface area contributed by atoms with Gasteiger partial charge in [0.05, 0.1) is 39.0 Å². The van der Waals surface area contributed by atoms with E-state index >= 15 is 0 Å². The maximum atomic E-state index is 12.1. The Morgan fingerprint density at radius 2 is 1.72 bits per heavy atom. The highest BCUT2D eigenvalue weighted by molar-refractivity contribution is 7.85. The molecule has 2 aromatic rings. The number of carbonyl (C=O) groups is 3. The highest BCUT2D eigenvalue weighted by Crippen LogP contribution is 2.40. The number of rotatable bonds is 17. The first kappa shape index (κ1) is 36.2. The molecule has 2 amide bonds. The fourth-order valence-electron chi connectivity index (χ4n) is 5.72. The molecule has 1 aliphatic carbocycles. The second-order valence-electron chi connectivity index (χ2n) is 12.5. The molecule has 1 saturated heterocycles. The lowest BCUT2D eigenvalue weighted by Gasteiger charge is -2.29. The van der Waals surface area contributed by atoms with Crippen LogP contribution in [0.25, 0.3) is 17.0 Å². The third-order valence-electron chi connectivity index (χ3n) is 8.08. The number of amides is 2. The third kappa shape index (κ3) is 10.7. The number of hydroxylamine groups is 2. The number of imide groups is 1. The van der Waals surface area contributed by atoms with Crippen LogP contribution in [0.15, 0.2) is 34.4 Å². The lowest BCUT2D eigenvalue weighted by Crippen LogP contribution is -2.32. The van der Waals surface area contributed by atoms with Gasteiger partial charge in [0.15, 0.2) is 0 Å². The summed E-state index contributed by atoms with van der Waals surface area (Å²) < 4.78 is 71.3. The van der Waals surface area contributed by atoms with Gasteiger partial charge in [0, 0.05) is 61.4 Å². The van der Waals surface area contributed by atoms with Crippen LogP contribution >= 0.6 is 0 Å². The van der Waals surface area contributed by atoms with Gasteiger partial charge in [0.1, 0.15) is 0 Å². The van der Waals surface area contributed by atoms with Gasteiger partial charge in [-0.25, -0.2) is 17.6 Å². The smallest absolute Gasteiger partial charge is 0.362 e. The van der Waals surface area contributed by atoms with Crippen LogP contribution < -0.4 is 10.2 Å². The zero-order chi connectivity index (χ0) is 34.4. The van der Waals surface area contributed by atoms with Gasteiger partial charge in [-0.3, -0.25) is 14.1 Å². The van der Waals surface area contributed by atoms with Crippen molar-refractivity contribution in [2.45, 2.75) is 77.0 Å². The van der Waals surface area contributed by atoms with Gasteiger partial charge in [0.2, 0.25) is 0 Å². The average molecular weight is 696 g/mol. The zero-order valence-corrected chi connectivity index (χ0v) is 28.2. The Balaban J connectivity index is 1.44. The van der Waals surface area contributed by atoms with Crippen molar-refractivity contribution < 1.29 is 49.6 Å². The molecule has 2 heterocycles. The largest absolute Gasteiger partial charge is 0.748 e. The minimum atomic E-state index is -4.39. The maximum absolute atomic E-state index is 12.1. The van der Waals surface area contributed by atoms with E-state index in [-0.39, 0.29) is 43.3 Å². The van der Waals surface area contributed by atoms with Crippen LogP contribution in [0.3, 0.4) is 0 Å². The molecule has 0 saturated carbocycles. The van der Waals surface area contributed by atoms with Crippen molar-refractivity contribution in [2.24, 2.45) is 0 Å². The van der Waals surface area contributed by atoms with E-state index in [1.54, 1.807) is 0 Å². The molecule has 0 spiro atoms. The van der Waals surface area contributed by atoms with Crippen LogP contribution in [-0.4, -0.2) is 79.9 Å². The number of carbonyl (C=O) groups excluding carboxylic acids is 3. The second-order valence-corrected chi connectivity index (χ2v) is 15.6. The summed E-state index contributed by atoms with van der Waals surface area (Å²) in [6.07, 6.45) is 4.68. The molecule has 1 fully saturated rings. The van der Waals surface area contributed by atoms with Gasteiger partial charge in [-0.1, -0.05) is 20.3 Å². The summed E-state index contributed by atoms with van der Waals surface area (Å²) in [7, 11) is -8.42. The van der Waals surface area contributed by atoms with Crippen LogP contribution in [-0.2, 0) is 44.9 Å². The van der Waals surface area contributed by atoms with Crippen LogP contribution in [0.4, 0.5) is 5.69 Å². The van der Waals surface area contributed by atoms with E-state index in [1.807, 2.05) is 29.2 Å². The number of allylic oxidation sites excluding steroid dienone is 1. The topological polar surface area (TPSA) is 202 Å². The molecule has 258 valence electrons. The van der Waals surface area contributed by atoms with Gasteiger partial charge in [0.25, 0.3) is 21.9 Å². The Bertz CT molecular complexity index is 1740. The fourth-order valence-corrected chi connectivity index (χ4v) is 6.71. The van der Waals surface area contributed by atoms with E-state index < -0.39 is 43.8 Å². The van der Waals surface area contributed by atoms with Crippen molar-refractivity contribution in [2.75, 3.05) is 36.0 Å². The number of hydrogen-bond donors (Lipinski definition) is 2. The van der Waals surface area contributed by atoms with E-state index in [1.165, 1.54) is 0 Å². The molecule has 1 aromatic heterocycles. The third-order valence-corrected chi connectivity index (χ3v) is 9.67. The summed E-state index contributed by atoms with van der Waals surface area (Å²) in [6.45, 7) is 5.33. The Labute approximate surface area is 274 Å². The van der Waals surface area contributed by atoms with Crippen LogP contribution in [0.5, 0.6) is 0 Å². The SMILES string of the molecule is CC1(C)CC(NCCCS(=O)(=O)O)=Cc2[o+]c3cc(N(CCCCCC(=O)ON4C(=O)CCC4=O)CCCS(=O)(=O)[O-])ccc3cc21. The molecule has 47 heavy (non-hydrogen) atoms. The Kier molecular flexibility index (Phi) is 11.6. The molecule has 14 nitrogen and oxygen atoms in total. The van der Waals surface area contributed by atoms with Crippen LogP contribution in [0, 0.1) is 0 Å². The lowest BCUT2D eigenvalue weighted by atomic mass is 9.76. The van der Waals surface area contributed by atoms with Crippen molar-refractivity contribution in [1.29, 1.82) is 0 Å².